The Bertz CT molecular complexity index is 469. The molecule has 0 fully saturated rings. The van der Waals surface area contributed by atoms with Crippen LogP contribution in [0, 0.1) is 5.92 Å². The largest absolute Gasteiger partial charge is 0.388 e. The van der Waals surface area contributed by atoms with Crippen LogP contribution < -0.4 is 5.32 Å². The highest BCUT2D eigenvalue weighted by Gasteiger charge is 2.27. The zero-order valence-electron chi connectivity index (χ0n) is 11.7. The van der Waals surface area contributed by atoms with Crippen molar-refractivity contribution in [1.29, 1.82) is 0 Å². The minimum Gasteiger partial charge on any atom is -0.388 e. The second-order valence-corrected chi connectivity index (χ2v) is 6.21. The fraction of sp³-hybridized carbons (Fsp3) is 0.500. The summed E-state index contributed by atoms with van der Waals surface area (Å²) in [6.45, 7) is 5.37. The maximum Gasteiger partial charge on any atom is 0.253 e. The van der Waals surface area contributed by atoms with Crippen molar-refractivity contribution < 1.29 is 15.0 Å². The lowest BCUT2D eigenvalue weighted by Crippen LogP contribution is -2.45. The van der Waals surface area contributed by atoms with E-state index in [1.165, 1.54) is 18.2 Å². The first-order valence-electron chi connectivity index (χ1n) is 6.27. The average Bonchev–Trinajstić information content (AvgIpc) is 2.33. The van der Waals surface area contributed by atoms with E-state index < -0.39 is 17.6 Å². The number of carbonyl (C=O) groups excluding carboxylic acids is 1. The van der Waals surface area contributed by atoms with E-state index in [2.05, 4.69) is 5.32 Å². The molecule has 3 N–H and O–H groups in total. The smallest absolute Gasteiger partial charge is 0.253 e. The topological polar surface area (TPSA) is 69.6 Å². The van der Waals surface area contributed by atoms with Crippen molar-refractivity contribution in [2.75, 3.05) is 6.54 Å². The van der Waals surface area contributed by atoms with Gasteiger partial charge in [0.05, 0.1) is 5.60 Å². The molecule has 6 heteroatoms. The number of benzene rings is 1. The molecule has 2 unspecified atom stereocenters. The van der Waals surface area contributed by atoms with Crippen LogP contribution in [0.25, 0.3) is 0 Å². The molecule has 20 heavy (non-hydrogen) atoms. The maximum atomic E-state index is 11.9. The number of hydrogen-bond acceptors (Lipinski definition) is 3. The summed E-state index contributed by atoms with van der Waals surface area (Å²) in [7, 11) is 0. The zero-order valence-corrected chi connectivity index (χ0v) is 13.2. The Labute approximate surface area is 128 Å². The van der Waals surface area contributed by atoms with Crippen molar-refractivity contribution in [2.24, 2.45) is 5.92 Å². The van der Waals surface area contributed by atoms with Gasteiger partial charge in [-0.2, -0.15) is 0 Å². The molecule has 2 atom stereocenters. The fourth-order valence-electron chi connectivity index (χ4n) is 1.45. The third kappa shape index (κ3) is 4.63. The van der Waals surface area contributed by atoms with Crippen molar-refractivity contribution in [1.82, 2.24) is 5.32 Å². The van der Waals surface area contributed by atoms with E-state index in [9.17, 15) is 15.0 Å². The molecule has 0 spiro atoms. The minimum absolute atomic E-state index is 0.0273. The van der Waals surface area contributed by atoms with Gasteiger partial charge in [-0.1, -0.05) is 37.0 Å². The first-order valence-corrected chi connectivity index (χ1v) is 7.03. The third-order valence-electron chi connectivity index (χ3n) is 3.31. The van der Waals surface area contributed by atoms with E-state index in [1.54, 1.807) is 6.92 Å². The van der Waals surface area contributed by atoms with Gasteiger partial charge in [-0.3, -0.25) is 4.79 Å². The number of amides is 1. The average molecular weight is 320 g/mol. The molecule has 1 aromatic carbocycles. The quantitative estimate of drug-likeness (QED) is 0.781. The van der Waals surface area contributed by atoms with E-state index in [1.807, 2.05) is 13.8 Å². The molecule has 0 bridgehead atoms. The monoisotopic (exact) mass is 319 g/mol. The number of halogens is 2. The van der Waals surface area contributed by atoms with Gasteiger partial charge in [0.2, 0.25) is 0 Å². The molecule has 0 aromatic heterocycles. The van der Waals surface area contributed by atoms with E-state index in [-0.39, 0.29) is 12.5 Å². The lowest BCUT2D eigenvalue weighted by Gasteiger charge is -2.28. The molecule has 0 aliphatic heterocycles. The van der Waals surface area contributed by atoms with Crippen molar-refractivity contribution >= 4 is 29.1 Å². The molecule has 1 amide bonds. The number of aliphatic hydroxyl groups excluding tert-OH is 1. The Morgan fingerprint density at radius 1 is 1.30 bits per heavy atom. The van der Waals surface area contributed by atoms with Crippen LogP contribution in [0.1, 0.15) is 32.4 Å². The van der Waals surface area contributed by atoms with Crippen LogP contribution in [-0.2, 0) is 4.79 Å². The van der Waals surface area contributed by atoms with Crippen molar-refractivity contribution in [2.45, 2.75) is 32.5 Å². The van der Waals surface area contributed by atoms with Gasteiger partial charge in [0, 0.05) is 16.6 Å². The van der Waals surface area contributed by atoms with E-state index in [4.69, 9.17) is 23.2 Å². The second-order valence-electron chi connectivity index (χ2n) is 5.33. The lowest BCUT2D eigenvalue weighted by atomic mass is 9.92. The van der Waals surface area contributed by atoms with Gasteiger partial charge >= 0.3 is 0 Å². The second kappa shape index (κ2) is 6.76. The Kier molecular flexibility index (Phi) is 5.83. The lowest BCUT2D eigenvalue weighted by molar-refractivity contribution is -0.131. The van der Waals surface area contributed by atoms with Gasteiger partial charge in [-0.15, -0.1) is 0 Å². The predicted molar refractivity (Wildman–Crippen MR) is 79.9 cm³/mol. The summed E-state index contributed by atoms with van der Waals surface area (Å²) in [6, 6.07) is 4.46. The van der Waals surface area contributed by atoms with Crippen LogP contribution in [-0.4, -0.2) is 28.3 Å². The third-order valence-corrected chi connectivity index (χ3v) is 3.75. The van der Waals surface area contributed by atoms with Gasteiger partial charge in [0.25, 0.3) is 5.91 Å². The van der Waals surface area contributed by atoms with Gasteiger partial charge in [-0.05, 0) is 36.6 Å². The number of aliphatic hydroxyl groups is 2. The fourth-order valence-corrected chi connectivity index (χ4v) is 1.99. The van der Waals surface area contributed by atoms with Crippen LogP contribution in [0.3, 0.4) is 0 Å². The molecule has 0 radical (unpaired) electrons. The van der Waals surface area contributed by atoms with Crippen LogP contribution in [0.5, 0.6) is 0 Å². The summed E-state index contributed by atoms with van der Waals surface area (Å²) in [4.78, 5) is 11.9. The molecule has 4 nitrogen and oxygen atoms in total. The summed E-state index contributed by atoms with van der Waals surface area (Å²) in [5, 5.41) is 23.2. The maximum absolute atomic E-state index is 11.9. The van der Waals surface area contributed by atoms with E-state index >= 15 is 0 Å². The highest BCUT2D eigenvalue weighted by Crippen LogP contribution is 2.24. The number of rotatable bonds is 5. The Morgan fingerprint density at radius 2 is 1.80 bits per heavy atom. The molecule has 0 heterocycles. The van der Waals surface area contributed by atoms with E-state index in [0.29, 0.717) is 15.6 Å². The SMILES string of the molecule is CC(C)C(C)(O)CNC(=O)C(O)c1cc(Cl)cc(Cl)c1. The molecule has 1 rings (SSSR count). The molecule has 1 aromatic rings. The number of nitrogens with one attached hydrogen (secondary N) is 1. The summed E-state index contributed by atoms with van der Waals surface area (Å²) in [5.41, 5.74) is -0.731. The Hall–Kier alpha value is -0.810. The number of carbonyl (C=O) groups is 1. The minimum atomic E-state index is -1.38. The van der Waals surface area contributed by atoms with Crippen LogP contribution >= 0.6 is 23.2 Å². The molecular formula is C14H19Cl2NO3. The summed E-state index contributed by atoms with van der Waals surface area (Å²) in [5.74, 6) is -0.634. The van der Waals surface area contributed by atoms with Gasteiger partial charge in [0.15, 0.2) is 6.10 Å². The van der Waals surface area contributed by atoms with Crippen LogP contribution in [0.4, 0.5) is 0 Å². The Morgan fingerprint density at radius 3 is 2.25 bits per heavy atom. The standard InChI is InChI=1S/C14H19Cl2NO3/c1-8(2)14(3,20)7-17-13(19)12(18)9-4-10(15)6-11(16)5-9/h4-6,8,12,18,20H,7H2,1-3H3,(H,17,19). The van der Waals surface area contributed by atoms with Crippen LogP contribution in [0.2, 0.25) is 10.0 Å². The highest BCUT2D eigenvalue weighted by molar-refractivity contribution is 6.34. The first-order chi connectivity index (χ1) is 9.13. The van der Waals surface area contributed by atoms with E-state index in [0.717, 1.165) is 0 Å². The van der Waals surface area contributed by atoms with Gasteiger partial charge < -0.3 is 15.5 Å². The van der Waals surface area contributed by atoms with Gasteiger partial charge in [-0.25, -0.2) is 0 Å². The summed E-state index contributed by atoms with van der Waals surface area (Å²) < 4.78 is 0. The molecule has 0 saturated carbocycles. The Balaban J connectivity index is 2.72. The summed E-state index contributed by atoms with van der Waals surface area (Å²) in [6.07, 6.45) is -1.38. The molecule has 0 aliphatic carbocycles. The highest BCUT2D eigenvalue weighted by atomic mass is 35.5. The van der Waals surface area contributed by atoms with Crippen LogP contribution in [0.15, 0.2) is 18.2 Å². The first kappa shape index (κ1) is 17.2. The molecule has 112 valence electrons. The molecule has 0 aliphatic rings. The molecule has 0 saturated heterocycles. The van der Waals surface area contributed by atoms with Crippen molar-refractivity contribution in [3.05, 3.63) is 33.8 Å². The normalized spacial score (nSPS) is 15.8. The molecular weight excluding hydrogens is 301 g/mol. The predicted octanol–water partition coefficient (Wildman–Crippen LogP) is 2.55. The van der Waals surface area contributed by atoms with Crippen molar-refractivity contribution in [3.8, 4) is 0 Å². The zero-order chi connectivity index (χ0) is 15.5. The van der Waals surface area contributed by atoms with Crippen molar-refractivity contribution in [3.63, 3.8) is 0 Å². The number of hydrogen-bond donors (Lipinski definition) is 3. The van der Waals surface area contributed by atoms with Gasteiger partial charge in [0.1, 0.15) is 0 Å². The summed E-state index contributed by atoms with van der Waals surface area (Å²) >= 11 is 11.6.